The summed E-state index contributed by atoms with van der Waals surface area (Å²) in [5, 5.41) is 5.95. The molecular formula is C3H12N2P2. The zero-order chi connectivity index (χ0) is 5.91. The van der Waals surface area contributed by atoms with Gasteiger partial charge in [0.15, 0.2) is 0 Å². The highest BCUT2D eigenvalue weighted by atomic mass is 31.0. The highest BCUT2D eigenvalue weighted by molar-refractivity contribution is 7.15. The van der Waals surface area contributed by atoms with Gasteiger partial charge in [0.05, 0.1) is 5.66 Å². The highest BCUT2D eigenvalue weighted by Crippen LogP contribution is 1.99. The van der Waals surface area contributed by atoms with Crippen molar-refractivity contribution >= 4 is 18.8 Å². The van der Waals surface area contributed by atoms with E-state index in [2.05, 4.69) is 29.0 Å². The zero-order valence-electron chi connectivity index (χ0n) is 4.65. The lowest BCUT2D eigenvalue weighted by Gasteiger charge is -2.21. The molecule has 0 saturated carbocycles. The second kappa shape index (κ2) is 2.94. The van der Waals surface area contributed by atoms with Crippen LogP contribution in [0, 0.1) is 0 Å². The predicted molar refractivity (Wildman–Crippen MR) is 39.8 cm³/mol. The smallest absolute Gasteiger partial charge is 0.0686 e. The van der Waals surface area contributed by atoms with E-state index < -0.39 is 0 Å². The molecule has 7 heavy (non-hydrogen) atoms. The van der Waals surface area contributed by atoms with E-state index >= 15 is 0 Å². The summed E-state index contributed by atoms with van der Waals surface area (Å²) in [6.07, 6.45) is 0. The van der Waals surface area contributed by atoms with Crippen molar-refractivity contribution in [2.24, 2.45) is 0 Å². The maximum absolute atomic E-state index is 2.98. The van der Waals surface area contributed by atoms with E-state index in [-0.39, 0.29) is 5.66 Å². The van der Waals surface area contributed by atoms with Crippen LogP contribution in [0.15, 0.2) is 0 Å². The standard InChI is InChI=1S/C3H12N2P2/c1-3(2,4-6)5-7/h4-5H,6-7H2,1-2H3. The van der Waals surface area contributed by atoms with Gasteiger partial charge in [0.25, 0.3) is 0 Å². The van der Waals surface area contributed by atoms with Crippen LogP contribution in [0.5, 0.6) is 0 Å². The van der Waals surface area contributed by atoms with E-state index in [1.54, 1.807) is 0 Å². The van der Waals surface area contributed by atoms with Gasteiger partial charge in [0.2, 0.25) is 0 Å². The van der Waals surface area contributed by atoms with Gasteiger partial charge in [-0.3, -0.25) is 10.2 Å². The molecule has 0 radical (unpaired) electrons. The third-order valence-corrected chi connectivity index (χ3v) is 2.17. The zero-order valence-corrected chi connectivity index (χ0v) is 6.96. The van der Waals surface area contributed by atoms with Gasteiger partial charge in [0.1, 0.15) is 0 Å². The van der Waals surface area contributed by atoms with Crippen molar-refractivity contribution in [3.8, 4) is 0 Å². The first-order valence-electron chi connectivity index (χ1n) is 2.08. The third-order valence-electron chi connectivity index (χ3n) is 0.722. The van der Waals surface area contributed by atoms with Gasteiger partial charge in [-0.25, -0.2) is 0 Å². The largest absolute Gasteiger partial charge is 0.283 e. The molecule has 2 nitrogen and oxygen atoms in total. The fraction of sp³-hybridized carbons (Fsp3) is 1.00. The quantitative estimate of drug-likeness (QED) is 0.428. The number of rotatable bonds is 2. The van der Waals surface area contributed by atoms with Crippen molar-refractivity contribution in [2.45, 2.75) is 19.5 Å². The molecule has 0 fully saturated rings. The van der Waals surface area contributed by atoms with Crippen LogP contribution in [0.1, 0.15) is 13.8 Å². The molecule has 0 spiro atoms. The molecule has 0 saturated heterocycles. The van der Waals surface area contributed by atoms with Gasteiger partial charge in [-0.05, 0) is 13.8 Å². The molecule has 0 aromatic heterocycles. The summed E-state index contributed by atoms with van der Waals surface area (Å²) in [5.74, 6) is 0. The lowest BCUT2D eigenvalue weighted by molar-refractivity contribution is 0.465. The minimum atomic E-state index is 0.00926. The fourth-order valence-corrected chi connectivity index (χ4v) is 0.375. The lowest BCUT2D eigenvalue weighted by Crippen LogP contribution is -2.41. The van der Waals surface area contributed by atoms with E-state index in [9.17, 15) is 0 Å². The summed E-state index contributed by atoms with van der Waals surface area (Å²) in [4.78, 5) is 0. The summed E-state index contributed by atoms with van der Waals surface area (Å²) in [7, 11) is 4.89. The van der Waals surface area contributed by atoms with Crippen LogP contribution in [-0.2, 0) is 0 Å². The topological polar surface area (TPSA) is 24.1 Å². The van der Waals surface area contributed by atoms with Crippen molar-refractivity contribution in [3.63, 3.8) is 0 Å². The van der Waals surface area contributed by atoms with Crippen LogP contribution in [0.3, 0.4) is 0 Å². The lowest BCUT2D eigenvalue weighted by atomic mass is 10.3. The average Bonchev–Trinajstić information content (AvgIpc) is 1.68. The van der Waals surface area contributed by atoms with Crippen LogP contribution in [0.2, 0.25) is 0 Å². The van der Waals surface area contributed by atoms with Gasteiger partial charge in [-0.15, -0.1) is 0 Å². The molecule has 0 aliphatic carbocycles. The predicted octanol–water partition coefficient (Wildman–Crippen LogP) is 0.482. The molecule has 44 valence electrons. The van der Waals surface area contributed by atoms with Gasteiger partial charge in [-0.2, -0.15) is 0 Å². The van der Waals surface area contributed by atoms with E-state index in [0.29, 0.717) is 0 Å². The van der Waals surface area contributed by atoms with E-state index in [1.165, 1.54) is 0 Å². The molecule has 0 aliphatic heterocycles. The molecule has 0 aliphatic rings. The van der Waals surface area contributed by atoms with Gasteiger partial charge in [0, 0.05) is 0 Å². The highest BCUT2D eigenvalue weighted by Gasteiger charge is 2.08. The Balaban J connectivity index is 3.36. The molecule has 0 bridgehead atoms. The molecular weight excluding hydrogens is 126 g/mol. The van der Waals surface area contributed by atoms with Crippen molar-refractivity contribution in [1.82, 2.24) is 10.2 Å². The molecule has 2 atom stereocenters. The fourth-order valence-electron chi connectivity index (χ4n) is 0.0417. The second-order valence-electron chi connectivity index (χ2n) is 1.91. The minimum Gasteiger partial charge on any atom is -0.283 e. The Hall–Kier alpha value is 0.780. The Labute approximate surface area is 49.3 Å². The molecule has 4 heteroatoms. The van der Waals surface area contributed by atoms with Gasteiger partial charge >= 0.3 is 0 Å². The first-order chi connectivity index (χ1) is 3.12. The molecule has 0 rings (SSSR count). The van der Waals surface area contributed by atoms with Crippen LogP contribution in [0.25, 0.3) is 0 Å². The Morgan fingerprint density at radius 3 is 1.43 bits per heavy atom. The molecule has 2 unspecified atom stereocenters. The first-order valence-corrected chi connectivity index (χ1v) is 3.23. The van der Waals surface area contributed by atoms with E-state index in [1.807, 2.05) is 13.8 Å². The van der Waals surface area contributed by atoms with Crippen molar-refractivity contribution in [2.75, 3.05) is 0 Å². The SMILES string of the molecule is CC(C)(NP)NP. The summed E-state index contributed by atoms with van der Waals surface area (Å²) >= 11 is 0. The maximum atomic E-state index is 2.98. The second-order valence-corrected chi connectivity index (χ2v) is 2.49. The van der Waals surface area contributed by atoms with Crippen LogP contribution < -0.4 is 10.2 Å². The monoisotopic (exact) mass is 138 g/mol. The van der Waals surface area contributed by atoms with Crippen molar-refractivity contribution in [1.29, 1.82) is 0 Å². The van der Waals surface area contributed by atoms with E-state index in [4.69, 9.17) is 0 Å². The van der Waals surface area contributed by atoms with Gasteiger partial charge < -0.3 is 0 Å². The molecule has 0 amide bonds. The molecule has 0 aromatic rings. The summed E-state index contributed by atoms with van der Waals surface area (Å²) < 4.78 is 0. The van der Waals surface area contributed by atoms with Crippen LogP contribution in [-0.4, -0.2) is 5.66 Å². The average molecular weight is 138 g/mol. The van der Waals surface area contributed by atoms with Crippen LogP contribution >= 0.6 is 18.8 Å². The Bertz CT molecular complexity index is 48.9. The Morgan fingerprint density at radius 2 is 1.43 bits per heavy atom. The number of nitrogens with one attached hydrogen (secondary N) is 2. The van der Waals surface area contributed by atoms with Gasteiger partial charge in [-0.1, -0.05) is 18.8 Å². The normalized spacial score (nSPS) is 12.0. The summed E-state index contributed by atoms with van der Waals surface area (Å²) in [6, 6.07) is 0. The maximum Gasteiger partial charge on any atom is 0.0686 e. The first kappa shape index (κ1) is 7.78. The summed E-state index contributed by atoms with van der Waals surface area (Å²) in [6.45, 7) is 4.07. The molecule has 0 aromatic carbocycles. The minimum absolute atomic E-state index is 0.00926. The molecule has 2 N–H and O–H groups in total. The molecule has 0 heterocycles. The van der Waals surface area contributed by atoms with Crippen LogP contribution in [0.4, 0.5) is 0 Å². The van der Waals surface area contributed by atoms with Crippen molar-refractivity contribution < 1.29 is 0 Å². The van der Waals surface area contributed by atoms with E-state index in [0.717, 1.165) is 0 Å². The Kier molecular flexibility index (Phi) is 3.27. The Morgan fingerprint density at radius 1 is 1.14 bits per heavy atom. The third kappa shape index (κ3) is 3.37. The number of hydrogen-bond donors (Lipinski definition) is 2. The van der Waals surface area contributed by atoms with Crippen molar-refractivity contribution in [3.05, 3.63) is 0 Å². The number of hydrogen-bond acceptors (Lipinski definition) is 2. The summed E-state index contributed by atoms with van der Waals surface area (Å²) in [5.41, 5.74) is 0.00926.